The lowest BCUT2D eigenvalue weighted by Crippen LogP contribution is -2.29. The zero-order valence-electron chi connectivity index (χ0n) is 8.76. The van der Waals surface area contributed by atoms with Gasteiger partial charge in [-0.05, 0) is 19.2 Å². The van der Waals surface area contributed by atoms with E-state index >= 15 is 0 Å². The van der Waals surface area contributed by atoms with E-state index in [9.17, 15) is 0 Å². The number of hydrogen-bond donors (Lipinski definition) is 0. The third-order valence-corrected chi connectivity index (χ3v) is 2.89. The van der Waals surface area contributed by atoms with Crippen molar-refractivity contribution in [2.75, 3.05) is 0 Å². The van der Waals surface area contributed by atoms with Crippen LogP contribution in [0.15, 0.2) is 0 Å². The Bertz CT molecular complexity index is 149. The Hall–Kier alpha value is -0.0151. The fraction of sp³-hybridized carbons (Fsp3) is 1.00. The summed E-state index contributed by atoms with van der Waals surface area (Å²) in [6.45, 7) is 10.7. The lowest BCUT2D eigenvalue weighted by molar-refractivity contribution is 0.187. The van der Waals surface area contributed by atoms with Crippen LogP contribution in [0, 0.1) is 0 Å². The van der Waals surface area contributed by atoms with Crippen LogP contribution in [0.25, 0.3) is 0 Å². The molecule has 2 unspecified atom stereocenters. The summed E-state index contributed by atoms with van der Waals surface area (Å²) in [6.07, 6.45) is 1.55. The molecule has 1 heterocycles. The van der Waals surface area contributed by atoms with Gasteiger partial charge in [-0.3, -0.25) is 0 Å². The zero-order valence-corrected chi connectivity index (χ0v) is 8.76. The molecule has 70 valence electrons. The smallest absolute Gasteiger partial charge is 0.406 e. The summed E-state index contributed by atoms with van der Waals surface area (Å²) in [5, 5.41) is 0.138. The first-order valence-electron chi connectivity index (χ1n) is 4.78. The van der Waals surface area contributed by atoms with Crippen LogP contribution in [0.1, 0.15) is 41.0 Å². The van der Waals surface area contributed by atoms with E-state index in [1.807, 2.05) is 0 Å². The van der Waals surface area contributed by atoms with Gasteiger partial charge in [0.15, 0.2) is 0 Å². The maximum atomic E-state index is 5.71. The summed E-state index contributed by atoms with van der Waals surface area (Å²) in [6, 6.07) is 0. The Morgan fingerprint density at radius 2 is 1.58 bits per heavy atom. The lowest BCUT2D eigenvalue weighted by Gasteiger charge is -2.24. The maximum Gasteiger partial charge on any atom is 0.463 e. The van der Waals surface area contributed by atoms with Crippen molar-refractivity contribution in [1.82, 2.24) is 0 Å². The molecule has 1 fully saturated rings. The van der Waals surface area contributed by atoms with Crippen LogP contribution in [0.5, 0.6) is 0 Å². The summed E-state index contributed by atoms with van der Waals surface area (Å²) < 4.78 is 11.4. The van der Waals surface area contributed by atoms with Gasteiger partial charge in [-0.1, -0.05) is 27.2 Å². The van der Waals surface area contributed by atoms with Gasteiger partial charge in [0.25, 0.3) is 0 Å². The van der Waals surface area contributed by atoms with Crippen molar-refractivity contribution < 1.29 is 9.31 Å². The number of rotatable bonds is 2. The molecule has 1 aliphatic rings. The van der Waals surface area contributed by atoms with Gasteiger partial charge in [0.1, 0.15) is 0 Å². The van der Waals surface area contributed by atoms with E-state index in [4.69, 9.17) is 9.31 Å². The van der Waals surface area contributed by atoms with Crippen molar-refractivity contribution in [3.8, 4) is 0 Å². The molecule has 0 spiro atoms. The standard InChI is InChI=1S/C9H19BO2/c1-6-9(4,5)10-11-7(2)8(3)12-10/h7-8H,6H2,1-5H3. The first kappa shape index (κ1) is 10.1. The van der Waals surface area contributed by atoms with E-state index in [1.165, 1.54) is 0 Å². The van der Waals surface area contributed by atoms with Crippen LogP contribution < -0.4 is 0 Å². The van der Waals surface area contributed by atoms with E-state index in [0.29, 0.717) is 0 Å². The highest BCUT2D eigenvalue weighted by atomic mass is 16.7. The minimum absolute atomic E-state index is 0.0208. The Labute approximate surface area is 75.8 Å². The van der Waals surface area contributed by atoms with Crippen LogP contribution in [0.2, 0.25) is 5.31 Å². The van der Waals surface area contributed by atoms with Crippen LogP contribution >= 0.6 is 0 Å². The molecular formula is C9H19BO2. The Morgan fingerprint density at radius 1 is 1.17 bits per heavy atom. The van der Waals surface area contributed by atoms with Crippen molar-refractivity contribution in [2.24, 2.45) is 0 Å². The second-order valence-corrected chi connectivity index (χ2v) is 4.36. The van der Waals surface area contributed by atoms with Crippen molar-refractivity contribution in [2.45, 2.75) is 58.6 Å². The average molecular weight is 170 g/mol. The summed E-state index contributed by atoms with van der Waals surface area (Å²) in [5.41, 5.74) is 0. The van der Waals surface area contributed by atoms with Gasteiger partial charge in [0.2, 0.25) is 0 Å². The highest BCUT2D eigenvalue weighted by molar-refractivity contribution is 6.49. The molecule has 1 saturated heterocycles. The second-order valence-electron chi connectivity index (χ2n) is 4.36. The van der Waals surface area contributed by atoms with Crippen molar-refractivity contribution in [3.05, 3.63) is 0 Å². The van der Waals surface area contributed by atoms with E-state index < -0.39 is 0 Å². The maximum absolute atomic E-state index is 5.71. The molecule has 2 atom stereocenters. The molecule has 0 aromatic carbocycles. The highest BCUT2D eigenvalue weighted by Crippen LogP contribution is 2.37. The fourth-order valence-corrected chi connectivity index (χ4v) is 1.18. The fourth-order valence-electron chi connectivity index (χ4n) is 1.18. The predicted molar refractivity (Wildman–Crippen MR) is 51.2 cm³/mol. The third-order valence-electron chi connectivity index (χ3n) is 2.89. The van der Waals surface area contributed by atoms with Gasteiger partial charge < -0.3 is 9.31 Å². The summed E-state index contributed by atoms with van der Waals surface area (Å²) >= 11 is 0. The molecule has 0 aromatic rings. The van der Waals surface area contributed by atoms with Crippen molar-refractivity contribution in [3.63, 3.8) is 0 Å². The predicted octanol–water partition coefficient (Wildman–Crippen LogP) is 2.49. The SMILES string of the molecule is CCC(C)(C)B1OC(C)C(C)O1. The first-order chi connectivity index (χ1) is 5.47. The van der Waals surface area contributed by atoms with Gasteiger partial charge in [0.05, 0.1) is 12.2 Å². The molecule has 0 aromatic heterocycles. The molecule has 2 nitrogen and oxygen atoms in total. The van der Waals surface area contributed by atoms with Crippen LogP contribution in [0.3, 0.4) is 0 Å². The molecule has 0 aliphatic carbocycles. The molecule has 12 heavy (non-hydrogen) atoms. The molecule has 0 amide bonds. The van der Waals surface area contributed by atoms with Gasteiger partial charge in [-0.2, -0.15) is 0 Å². The van der Waals surface area contributed by atoms with E-state index in [1.54, 1.807) is 0 Å². The molecule has 0 radical (unpaired) electrons. The summed E-state index contributed by atoms with van der Waals surface area (Å²) in [4.78, 5) is 0. The summed E-state index contributed by atoms with van der Waals surface area (Å²) in [5.74, 6) is 0. The van der Waals surface area contributed by atoms with Crippen LogP contribution in [-0.2, 0) is 9.31 Å². The largest absolute Gasteiger partial charge is 0.463 e. The van der Waals surface area contributed by atoms with Crippen molar-refractivity contribution in [1.29, 1.82) is 0 Å². The van der Waals surface area contributed by atoms with Gasteiger partial charge in [-0.15, -0.1) is 0 Å². The minimum atomic E-state index is -0.0208. The minimum Gasteiger partial charge on any atom is -0.406 e. The topological polar surface area (TPSA) is 18.5 Å². The van der Waals surface area contributed by atoms with Gasteiger partial charge in [-0.25, -0.2) is 0 Å². The summed E-state index contributed by atoms with van der Waals surface area (Å²) in [7, 11) is -0.0208. The molecule has 0 saturated carbocycles. The quantitative estimate of drug-likeness (QED) is 0.592. The monoisotopic (exact) mass is 170 g/mol. The first-order valence-corrected chi connectivity index (χ1v) is 4.78. The molecule has 0 bridgehead atoms. The molecule has 3 heteroatoms. The van der Waals surface area contributed by atoms with E-state index in [2.05, 4.69) is 34.6 Å². The van der Waals surface area contributed by atoms with Crippen LogP contribution in [0.4, 0.5) is 0 Å². The highest BCUT2D eigenvalue weighted by Gasteiger charge is 2.44. The normalized spacial score (nSPS) is 31.2. The Morgan fingerprint density at radius 3 is 1.92 bits per heavy atom. The Kier molecular flexibility index (Phi) is 2.84. The van der Waals surface area contributed by atoms with E-state index in [-0.39, 0.29) is 24.6 Å². The average Bonchev–Trinajstić information content (AvgIpc) is 2.33. The Balaban J connectivity index is 2.56. The molecule has 0 N–H and O–H groups in total. The van der Waals surface area contributed by atoms with E-state index in [0.717, 1.165) is 6.42 Å². The molecular weight excluding hydrogens is 151 g/mol. The van der Waals surface area contributed by atoms with Gasteiger partial charge in [0, 0.05) is 0 Å². The zero-order chi connectivity index (χ0) is 9.35. The van der Waals surface area contributed by atoms with Gasteiger partial charge >= 0.3 is 7.12 Å². The van der Waals surface area contributed by atoms with Crippen LogP contribution in [-0.4, -0.2) is 19.3 Å². The lowest BCUT2D eigenvalue weighted by atomic mass is 9.58. The second kappa shape index (κ2) is 3.39. The van der Waals surface area contributed by atoms with Crippen molar-refractivity contribution >= 4 is 7.12 Å². The third kappa shape index (κ3) is 1.83. The molecule has 1 aliphatic heterocycles. The molecule has 1 rings (SSSR count). The number of hydrogen-bond acceptors (Lipinski definition) is 2.